The summed E-state index contributed by atoms with van der Waals surface area (Å²) in [5.74, 6) is 2.53. The first-order valence-corrected chi connectivity index (χ1v) is 6.54. The van der Waals surface area contributed by atoms with Crippen molar-refractivity contribution in [3.63, 3.8) is 0 Å². The summed E-state index contributed by atoms with van der Waals surface area (Å²) in [6.07, 6.45) is 2.44. The van der Waals surface area contributed by atoms with E-state index in [9.17, 15) is 0 Å². The molecule has 1 aliphatic carbocycles. The Hall–Kier alpha value is -0.530. The summed E-state index contributed by atoms with van der Waals surface area (Å²) in [4.78, 5) is 0. The van der Waals surface area contributed by atoms with Gasteiger partial charge >= 0.3 is 0 Å². The molecule has 0 radical (unpaired) electrons. The Bertz CT molecular complexity index is 270. The van der Waals surface area contributed by atoms with Crippen LogP contribution in [0.5, 0.6) is 0 Å². The van der Waals surface area contributed by atoms with Crippen LogP contribution < -0.4 is 0 Å². The Morgan fingerprint density at radius 1 is 1.25 bits per heavy atom. The molecule has 2 nitrogen and oxygen atoms in total. The Morgan fingerprint density at radius 2 is 1.81 bits per heavy atom. The van der Waals surface area contributed by atoms with Gasteiger partial charge in [-0.25, -0.2) is 0 Å². The van der Waals surface area contributed by atoms with Crippen LogP contribution in [0, 0.1) is 29.1 Å². The second kappa shape index (κ2) is 4.77. The third kappa shape index (κ3) is 1.99. The SMILES string of the molecule is C/C(=N\O)[C@H]1CCC(C(C)C)[C@]1(C)C(C)C. The molecule has 3 atom stereocenters. The molecule has 0 heterocycles. The molecule has 0 spiro atoms. The molecule has 0 bridgehead atoms. The predicted octanol–water partition coefficient (Wildman–Crippen LogP) is 4.18. The highest BCUT2D eigenvalue weighted by atomic mass is 16.4. The van der Waals surface area contributed by atoms with E-state index in [1.54, 1.807) is 0 Å². The average molecular weight is 225 g/mol. The third-order valence-corrected chi connectivity index (χ3v) is 5.03. The van der Waals surface area contributed by atoms with Gasteiger partial charge in [0, 0.05) is 5.92 Å². The molecular weight excluding hydrogens is 198 g/mol. The van der Waals surface area contributed by atoms with E-state index in [2.05, 4.69) is 39.8 Å². The third-order valence-electron chi connectivity index (χ3n) is 5.03. The van der Waals surface area contributed by atoms with E-state index in [4.69, 9.17) is 5.21 Å². The van der Waals surface area contributed by atoms with E-state index < -0.39 is 0 Å². The van der Waals surface area contributed by atoms with E-state index >= 15 is 0 Å². The van der Waals surface area contributed by atoms with Crippen LogP contribution in [0.2, 0.25) is 0 Å². The predicted molar refractivity (Wildman–Crippen MR) is 68.9 cm³/mol. The molecule has 0 amide bonds. The highest BCUT2D eigenvalue weighted by Gasteiger charge is 2.50. The molecule has 0 saturated heterocycles. The fraction of sp³-hybridized carbons (Fsp3) is 0.929. The first kappa shape index (κ1) is 13.5. The molecule has 94 valence electrons. The average Bonchev–Trinajstić information content (AvgIpc) is 2.56. The van der Waals surface area contributed by atoms with Crippen molar-refractivity contribution in [3.8, 4) is 0 Å². The largest absolute Gasteiger partial charge is 0.411 e. The smallest absolute Gasteiger partial charge is 0.0576 e. The maximum atomic E-state index is 9.02. The van der Waals surface area contributed by atoms with Crippen LogP contribution in [0.3, 0.4) is 0 Å². The van der Waals surface area contributed by atoms with Crippen molar-refractivity contribution in [2.24, 2.45) is 34.2 Å². The molecule has 1 rings (SSSR count). The van der Waals surface area contributed by atoms with E-state index in [1.807, 2.05) is 6.92 Å². The summed E-state index contributed by atoms with van der Waals surface area (Å²) in [5, 5.41) is 12.5. The number of oxime groups is 1. The minimum Gasteiger partial charge on any atom is -0.411 e. The molecule has 0 aliphatic heterocycles. The first-order chi connectivity index (χ1) is 7.35. The summed E-state index contributed by atoms with van der Waals surface area (Å²) in [6, 6.07) is 0. The highest BCUT2D eigenvalue weighted by Crippen LogP contribution is 2.55. The van der Waals surface area contributed by atoms with Gasteiger partial charge < -0.3 is 5.21 Å². The van der Waals surface area contributed by atoms with Crippen molar-refractivity contribution in [2.75, 3.05) is 0 Å². The number of nitrogens with zero attached hydrogens (tertiary/aromatic N) is 1. The summed E-state index contributed by atoms with van der Waals surface area (Å²) in [5.41, 5.74) is 1.20. The minimum absolute atomic E-state index is 0.282. The summed E-state index contributed by atoms with van der Waals surface area (Å²) in [7, 11) is 0. The van der Waals surface area contributed by atoms with Crippen LogP contribution in [0.15, 0.2) is 5.16 Å². The first-order valence-electron chi connectivity index (χ1n) is 6.54. The zero-order valence-corrected chi connectivity index (χ0v) is 11.6. The van der Waals surface area contributed by atoms with E-state index in [0.29, 0.717) is 17.8 Å². The normalized spacial score (nSPS) is 36.4. The lowest BCUT2D eigenvalue weighted by Gasteiger charge is -2.42. The molecule has 16 heavy (non-hydrogen) atoms. The van der Waals surface area contributed by atoms with Gasteiger partial charge in [-0.2, -0.15) is 0 Å². The Kier molecular flexibility index (Phi) is 4.03. The van der Waals surface area contributed by atoms with Crippen molar-refractivity contribution in [2.45, 2.75) is 54.4 Å². The van der Waals surface area contributed by atoms with Crippen molar-refractivity contribution < 1.29 is 5.21 Å². The lowest BCUT2D eigenvalue weighted by atomic mass is 9.62. The lowest BCUT2D eigenvalue weighted by molar-refractivity contribution is 0.0865. The van der Waals surface area contributed by atoms with Crippen LogP contribution in [0.1, 0.15) is 54.4 Å². The molecule has 1 saturated carbocycles. The Balaban J connectivity index is 3.07. The van der Waals surface area contributed by atoms with Gasteiger partial charge in [-0.05, 0) is 42.9 Å². The molecule has 1 fully saturated rings. The molecule has 0 aromatic carbocycles. The van der Waals surface area contributed by atoms with Crippen LogP contribution in [-0.2, 0) is 0 Å². The topological polar surface area (TPSA) is 32.6 Å². The van der Waals surface area contributed by atoms with Gasteiger partial charge in [0.05, 0.1) is 5.71 Å². The highest BCUT2D eigenvalue weighted by molar-refractivity contribution is 5.84. The maximum Gasteiger partial charge on any atom is 0.0576 e. The molecular formula is C14H27NO. The number of hydrogen-bond acceptors (Lipinski definition) is 2. The quantitative estimate of drug-likeness (QED) is 0.436. The molecule has 2 heteroatoms. The van der Waals surface area contributed by atoms with Crippen molar-refractivity contribution in [1.29, 1.82) is 0 Å². The van der Waals surface area contributed by atoms with Gasteiger partial charge in [-0.15, -0.1) is 0 Å². The molecule has 1 aliphatic rings. The maximum absolute atomic E-state index is 9.02. The Morgan fingerprint density at radius 3 is 2.19 bits per heavy atom. The summed E-state index contributed by atoms with van der Waals surface area (Å²) >= 11 is 0. The van der Waals surface area contributed by atoms with Gasteiger partial charge in [0.1, 0.15) is 0 Å². The van der Waals surface area contributed by atoms with Crippen LogP contribution in [0.4, 0.5) is 0 Å². The Labute approximate surface area is 100 Å². The van der Waals surface area contributed by atoms with Crippen LogP contribution in [-0.4, -0.2) is 10.9 Å². The standard InChI is InChI=1S/C14H27NO/c1-9(2)12-7-8-13(11(5)15-16)14(12,6)10(3)4/h9-10,12-13,16H,7-8H2,1-6H3/b15-11+/t12?,13-,14+/m1/s1. The van der Waals surface area contributed by atoms with E-state index in [-0.39, 0.29) is 5.41 Å². The monoisotopic (exact) mass is 225 g/mol. The fourth-order valence-electron chi connectivity index (χ4n) is 3.84. The molecule has 0 aromatic heterocycles. The van der Waals surface area contributed by atoms with E-state index in [0.717, 1.165) is 11.6 Å². The molecule has 1 N–H and O–H groups in total. The van der Waals surface area contributed by atoms with Gasteiger partial charge in [-0.3, -0.25) is 0 Å². The zero-order chi connectivity index (χ0) is 12.5. The number of hydrogen-bond donors (Lipinski definition) is 1. The summed E-state index contributed by atoms with van der Waals surface area (Å²) in [6.45, 7) is 13.6. The van der Waals surface area contributed by atoms with Gasteiger partial charge in [0.15, 0.2) is 0 Å². The zero-order valence-electron chi connectivity index (χ0n) is 11.6. The second-order valence-corrected chi connectivity index (χ2v) is 6.24. The van der Waals surface area contributed by atoms with Gasteiger partial charge in [0.2, 0.25) is 0 Å². The van der Waals surface area contributed by atoms with Gasteiger partial charge in [0.25, 0.3) is 0 Å². The van der Waals surface area contributed by atoms with Crippen molar-refractivity contribution >= 4 is 5.71 Å². The summed E-state index contributed by atoms with van der Waals surface area (Å²) < 4.78 is 0. The second-order valence-electron chi connectivity index (χ2n) is 6.24. The lowest BCUT2D eigenvalue weighted by Crippen LogP contribution is -2.39. The van der Waals surface area contributed by atoms with Crippen molar-refractivity contribution in [3.05, 3.63) is 0 Å². The fourth-order valence-corrected chi connectivity index (χ4v) is 3.84. The van der Waals surface area contributed by atoms with E-state index in [1.165, 1.54) is 12.8 Å². The molecule has 0 aromatic rings. The van der Waals surface area contributed by atoms with Gasteiger partial charge in [-0.1, -0.05) is 39.8 Å². The van der Waals surface area contributed by atoms with Crippen LogP contribution >= 0.6 is 0 Å². The minimum atomic E-state index is 0.282. The number of rotatable bonds is 3. The molecule has 1 unspecified atom stereocenters. The van der Waals surface area contributed by atoms with Crippen LogP contribution in [0.25, 0.3) is 0 Å². The van der Waals surface area contributed by atoms with Crippen molar-refractivity contribution in [1.82, 2.24) is 0 Å².